The molecule has 0 saturated carbocycles. The summed E-state index contributed by atoms with van der Waals surface area (Å²) in [5, 5.41) is 0. The molecule has 0 amide bonds. The zero-order valence-electron chi connectivity index (χ0n) is 16.0. The highest BCUT2D eigenvalue weighted by molar-refractivity contribution is 7.92. The zero-order valence-corrected chi connectivity index (χ0v) is 16.8. The minimum absolute atomic E-state index is 0.249. The second kappa shape index (κ2) is 7.45. The maximum atomic E-state index is 12.9. The van der Waals surface area contributed by atoms with Gasteiger partial charge in [0.25, 0.3) is 10.0 Å². The predicted molar refractivity (Wildman–Crippen MR) is 113 cm³/mol. The van der Waals surface area contributed by atoms with E-state index in [0.717, 1.165) is 27.9 Å². The number of nitrogens with zero attached hydrogens (tertiary/aromatic N) is 1. The fourth-order valence-corrected chi connectivity index (χ4v) is 4.23. The summed E-state index contributed by atoms with van der Waals surface area (Å²) in [6.45, 7) is 4.07. The Bertz CT molecular complexity index is 1040. The first-order chi connectivity index (χ1) is 12.8. The third-order valence-corrected chi connectivity index (χ3v) is 5.93. The van der Waals surface area contributed by atoms with Crippen molar-refractivity contribution in [3.8, 4) is 11.1 Å². The van der Waals surface area contributed by atoms with Gasteiger partial charge >= 0.3 is 0 Å². The van der Waals surface area contributed by atoms with E-state index in [1.165, 1.54) is 0 Å². The first-order valence-electron chi connectivity index (χ1n) is 8.75. The fourth-order valence-electron chi connectivity index (χ4n) is 3.13. The second-order valence-electron chi connectivity index (χ2n) is 6.84. The lowest BCUT2D eigenvalue weighted by molar-refractivity contribution is 0.601. The SMILES string of the molecule is Cc1cccc(C)c1-c1cccc(S(=O)(=O)Nc2ccc(N(C)C)cc2)c1. The Morgan fingerprint density at radius 2 is 1.41 bits per heavy atom. The molecule has 0 fully saturated rings. The number of rotatable bonds is 5. The van der Waals surface area contributed by atoms with Crippen LogP contribution in [0.3, 0.4) is 0 Å². The van der Waals surface area contributed by atoms with E-state index in [-0.39, 0.29) is 4.90 Å². The van der Waals surface area contributed by atoms with Gasteiger partial charge in [-0.2, -0.15) is 0 Å². The van der Waals surface area contributed by atoms with Crippen LogP contribution < -0.4 is 9.62 Å². The molecule has 0 aromatic heterocycles. The summed E-state index contributed by atoms with van der Waals surface area (Å²) in [4.78, 5) is 2.21. The van der Waals surface area contributed by atoms with Crippen LogP contribution in [0, 0.1) is 13.8 Å². The molecule has 0 unspecified atom stereocenters. The molecule has 3 rings (SSSR count). The molecule has 1 N–H and O–H groups in total. The van der Waals surface area contributed by atoms with Crippen LogP contribution in [0.15, 0.2) is 71.6 Å². The third-order valence-electron chi connectivity index (χ3n) is 4.55. The van der Waals surface area contributed by atoms with Gasteiger partial charge in [0.05, 0.1) is 4.90 Å². The number of hydrogen-bond donors (Lipinski definition) is 1. The summed E-state index contributed by atoms with van der Waals surface area (Å²) in [6, 6.07) is 20.4. The van der Waals surface area contributed by atoms with E-state index in [9.17, 15) is 8.42 Å². The zero-order chi connectivity index (χ0) is 19.6. The first kappa shape index (κ1) is 19.0. The smallest absolute Gasteiger partial charge is 0.261 e. The molecule has 0 atom stereocenters. The molecule has 0 bridgehead atoms. The minimum Gasteiger partial charge on any atom is -0.378 e. The lowest BCUT2D eigenvalue weighted by Crippen LogP contribution is -2.13. The van der Waals surface area contributed by atoms with E-state index in [2.05, 4.69) is 4.72 Å². The monoisotopic (exact) mass is 380 g/mol. The highest BCUT2D eigenvalue weighted by Gasteiger charge is 2.16. The number of aryl methyl sites for hydroxylation is 2. The van der Waals surface area contributed by atoms with E-state index in [4.69, 9.17) is 0 Å². The molecule has 3 aromatic carbocycles. The Hall–Kier alpha value is -2.79. The topological polar surface area (TPSA) is 49.4 Å². The van der Waals surface area contributed by atoms with Gasteiger partial charge in [-0.1, -0.05) is 30.3 Å². The molecule has 0 aliphatic carbocycles. The Morgan fingerprint density at radius 1 is 0.815 bits per heavy atom. The molecule has 0 radical (unpaired) electrons. The van der Waals surface area contributed by atoms with Crippen molar-refractivity contribution in [2.75, 3.05) is 23.7 Å². The Morgan fingerprint density at radius 3 is 2.00 bits per heavy atom. The van der Waals surface area contributed by atoms with Crippen molar-refractivity contribution in [3.63, 3.8) is 0 Å². The number of hydrogen-bond acceptors (Lipinski definition) is 3. The van der Waals surface area contributed by atoms with Gasteiger partial charge in [0.2, 0.25) is 0 Å². The van der Waals surface area contributed by atoms with Gasteiger partial charge in [-0.05, 0) is 72.5 Å². The van der Waals surface area contributed by atoms with E-state index < -0.39 is 10.0 Å². The number of sulfonamides is 1. The normalized spacial score (nSPS) is 11.3. The van der Waals surface area contributed by atoms with Crippen molar-refractivity contribution in [1.82, 2.24) is 0 Å². The summed E-state index contributed by atoms with van der Waals surface area (Å²) in [5.41, 5.74) is 5.77. The van der Waals surface area contributed by atoms with Crippen molar-refractivity contribution < 1.29 is 8.42 Å². The maximum absolute atomic E-state index is 12.9. The molecule has 4 nitrogen and oxygen atoms in total. The summed E-state index contributed by atoms with van der Waals surface area (Å²) in [6.07, 6.45) is 0. The van der Waals surface area contributed by atoms with E-state index in [1.807, 2.05) is 69.2 Å². The Labute approximate surface area is 161 Å². The quantitative estimate of drug-likeness (QED) is 0.689. The average Bonchev–Trinajstić information content (AvgIpc) is 2.62. The molecule has 0 aliphatic rings. The van der Waals surface area contributed by atoms with Crippen molar-refractivity contribution in [1.29, 1.82) is 0 Å². The standard InChI is InChI=1S/C22H24N2O2S/c1-16-7-5-8-17(2)22(16)18-9-6-10-21(15-18)27(25,26)23-19-11-13-20(14-12-19)24(3)4/h5-15,23H,1-4H3. The van der Waals surface area contributed by atoms with Gasteiger partial charge in [0.1, 0.15) is 0 Å². The first-order valence-corrected chi connectivity index (χ1v) is 10.2. The van der Waals surface area contributed by atoms with Crippen LogP contribution in [0.5, 0.6) is 0 Å². The van der Waals surface area contributed by atoms with E-state index in [0.29, 0.717) is 5.69 Å². The number of anilines is 2. The largest absolute Gasteiger partial charge is 0.378 e. The van der Waals surface area contributed by atoms with E-state index in [1.54, 1.807) is 30.3 Å². The van der Waals surface area contributed by atoms with Crippen LogP contribution in [0.2, 0.25) is 0 Å². The van der Waals surface area contributed by atoms with E-state index >= 15 is 0 Å². The molecule has 0 heterocycles. The third kappa shape index (κ3) is 4.14. The van der Waals surface area contributed by atoms with Crippen LogP contribution in [-0.4, -0.2) is 22.5 Å². The van der Waals surface area contributed by atoms with Gasteiger partial charge < -0.3 is 4.90 Å². The van der Waals surface area contributed by atoms with Crippen LogP contribution >= 0.6 is 0 Å². The summed E-state index contributed by atoms with van der Waals surface area (Å²) in [5.74, 6) is 0. The van der Waals surface area contributed by atoms with Crippen LogP contribution in [0.4, 0.5) is 11.4 Å². The van der Waals surface area contributed by atoms with Gasteiger partial charge in [0, 0.05) is 25.5 Å². The molecule has 0 aliphatic heterocycles. The van der Waals surface area contributed by atoms with Crippen LogP contribution in [0.25, 0.3) is 11.1 Å². The second-order valence-corrected chi connectivity index (χ2v) is 8.52. The molecule has 27 heavy (non-hydrogen) atoms. The predicted octanol–water partition coefficient (Wildman–Crippen LogP) is 4.84. The highest BCUT2D eigenvalue weighted by atomic mass is 32.2. The molecule has 0 saturated heterocycles. The van der Waals surface area contributed by atoms with Crippen molar-refractivity contribution in [2.24, 2.45) is 0 Å². The molecular weight excluding hydrogens is 356 g/mol. The average molecular weight is 381 g/mol. The van der Waals surface area contributed by atoms with Crippen LogP contribution in [-0.2, 0) is 10.0 Å². The summed E-state index contributed by atoms with van der Waals surface area (Å²) >= 11 is 0. The van der Waals surface area contributed by atoms with Gasteiger partial charge in [-0.15, -0.1) is 0 Å². The van der Waals surface area contributed by atoms with Crippen molar-refractivity contribution >= 4 is 21.4 Å². The summed E-state index contributed by atoms with van der Waals surface area (Å²) < 4.78 is 28.4. The fraction of sp³-hybridized carbons (Fsp3) is 0.182. The van der Waals surface area contributed by atoms with Crippen LogP contribution in [0.1, 0.15) is 11.1 Å². The molecule has 5 heteroatoms. The van der Waals surface area contributed by atoms with Gasteiger partial charge in [0.15, 0.2) is 0 Å². The Balaban J connectivity index is 1.94. The molecule has 140 valence electrons. The number of nitrogens with one attached hydrogen (secondary N) is 1. The molecule has 3 aromatic rings. The lowest BCUT2D eigenvalue weighted by atomic mass is 9.96. The molecule has 0 spiro atoms. The lowest BCUT2D eigenvalue weighted by Gasteiger charge is -2.14. The Kier molecular flexibility index (Phi) is 5.24. The minimum atomic E-state index is -3.67. The summed E-state index contributed by atoms with van der Waals surface area (Å²) in [7, 11) is 0.219. The van der Waals surface area contributed by atoms with Gasteiger partial charge in [-0.3, -0.25) is 4.72 Å². The van der Waals surface area contributed by atoms with Crippen molar-refractivity contribution in [3.05, 3.63) is 77.9 Å². The highest BCUT2D eigenvalue weighted by Crippen LogP contribution is 2.29. The maximum Gasteiger partial charge on any atom is 0.261 e. The molecular formula is C22H24N2O2S. The van der Waals surface area contributed by atoms with Crippen molar-refractivity contribution in [2.45, 2.75) is 18.7 Å². The number of benzene rings is 3. The van der Waals surface area contributed by atoms with Gasteiger partial charge in [-0.25, -0.2) is 8.42 Å².